The molecule has 0 saturated carbocycles. The van der Waals surface area contributed by atoms with Gasteiger partial charge < -0.3 is 0 Å². The molecule has 12 aliphatic rings. The summed E-state index contributed by atoms with van der Waals surface area (Å²) in [6.45, 7) is 0. The van der Waals surface area contributed by atoms with E-state index in [9.17, 15) is 0 Å². The second kappa shape index (κ2) is 35.5. The van der Waals surface area contributed by atoms with Crippen molar-refractivity contribution in [2.45, 2.75) is 0 Å². The van der Waals surface area contributed by atoms with Crippen LogP contribution >= 0.6 is 278 Å². The molecule has 0 aliphatic carbocycles. The topological polar surface area (TPSA) is 252 Å². The van der Waals surface area contributed by atoms with Gasteiger partial charge in [-0.25, -0.2) is 0 Å². The van der Waals surface area contributed by atoms with Crippen LogP contribution in [0.1, 0.15) is 66.8 Å². The number of aliphatic imine (C=N–C) groups is 12. The van der Waals surface area contributed by atoms with Crippen molar-refractivity contribution in [3.63, 3.8) is 0 Å². The van der Waals surface area contributed by atoms with E-state index in [0.29, 0.717) is 368 Å². The summed E-state index contributed by atoms with van der Waals surface area (Å²) in [5, 5.41) is 17.0. The molecule has 0 spiro atoms. The molecule has 12 aliphatic heterocycles. The number of nitrogens with zero attached hydrogens (tertiary/aromatic N) is 24. The van der Waals surface area contributed by atoms with E-state index in [4.69, 9.17) is 368 Å². The maximum atomic E-state index is 7.00. The van der Waals surface area contributed by atoms with Crippen LogP contribution in [0.2, 0.25) is 121 Å². The first-order valence-corrected chi connectivity index (χ1v) is 62.0. The number of hydrogen-bond donors (Lipinski definition) is 0. The van der Waals surface area contributed by atoms with Crippen LogP contribution in [0.25, 0.3) is 64.6 Å². The second-order valence-electron chi connectivity index (χ2n) is 33.6. The van der Waals surface area contributed by atoms with Gasteiger partial charge in [0.05, 0.1) is 0 Å². The molecular formula is C96H24Cl24N24Pb3. The summed E-state index contributed by atoms with van der Waals surface area (Å²) in [6.07, 6.45) is 0. The van der Waals surface area contributed by atoms with Gasteiger partial charge in [0.1, 0.15) is 0 Å². The zero-order valence-electron chi connectivity index (χ0n) is 71.2. The molecule has 6 radical (unpaired) electrons. The summed E-state index contributed by atoms with van der Waals surface area (Å²) < 4.78 is 12.5. The van der Waals surface area contributed by atoms with Crippen molar-refractivity contribution in [2.75, 3.05) is 0 Å². The number of rotatable bonds is 0. The summed E-state index contributed by atoms with van der Waals surface area (Å²) in [5.41, 5.74) is 10.2. The summed E-state index contributed by atoms with van der Waals surface area (Å²) >= 11 is 155. The van der Waals surface area contributed by atoms with Crippen molar-refractivity contribution >= 4 is 522 Å². The van der Waals surface area contributed by atoms with E-state index in [1.807, 2.05) is 4.75 Å². The number of halogens is 24. The van der Waals surface area contributed by atoms with Gasteiger partial charge in [-0.2, -0.15) is 0 Å². The Kier molecular flexibility index (Phi) is 23.3. The molecule has 18 heterocycles. The molecule has 147 heavy (non-hydrogen) atoms. The van der Waals surface area contributed by atoms with E-state index in [-0.39, 0.29) is 0 Å². The molecule has 30 rings (SSSR count). The molecule has 0 N–H and O–H groups in total. The molecule has 0 fully saturated rings. The average molecular weight is 2990 g/mol. The van der Waals surface area contributed by atoms with Crippen LogP contribution < -0.4 is 32.9 Å². The third-order valence-corrected chi connectivity index (χ3v) is 48.2. The fraction of sp³-hybridized carbons (Fsp3) is 0. The van der Waals surface area contributed by atoms with Crippen LogP contribution in [0.3, 0.4) is 0 Å². The van der Waals surface area contributed by atoms with Gasteiger partial charge in [0, 0.05) is 0 Å². The zero-order valence-corrected chi connectivity index (χ0v) is 101. The van der Waals surface area contributed by atoms with Gasteiger partial charge in [-0.15, -0.1) is 0 Å². The van der Waals surface area contributed by atoms with Gasteiger partial charge in [0.2, 0.25) is 0 Å². The number of benzene rings is 12. The molecule has 24 nitrogen and oxygen atoms in total. The molecule has 708 valence electrons. The third kappa shape index (κ3) is 14.7. The molecule has 0 amide bonds. The Morgan fingerprint density at radius 2 is 0.299 bits per heavy atom. The van der Waals surface area contributed by atoms with Gasteiger partial charge in [-0.05, 0) is 0 Å². The molecule has 0 saturated heterocycles. The molecule has 12 aromatic carbocycles. The second-order valence-corrected chi connectivity index (χ2v) is 56.2. The van der Waals surface area contributed by atoms with Crippen molar-refractivity contribution in [2.24, 2.45) is 89.9 Å². The number of hydrogen-bond acceptors (Lipinski definition) is 18. The normalized spacial score (nSPS) is 15.3. The Morgan fingerprint density at radius 1 is 0.136 bits per heavy atom. The minimum atomic E-state index is -2.56. The summed E-state index contributed by atoms with van der Waals surface area (Å²) in [7, 11) is 0. The molecule has 6 aromatic heterocycles. The van der Waals surface area contributed by atoms with Crippen molar-refractivity contribution in [3.05, 3.63) is 366 Å². The quantitative estimate of drug-likeness (QED) is 0.128. The van der Waals surface area contributed by atoms with E-state index >= 15 is 0 Å². The van der Waals surface area contributed by atoms with Gasteiger partial charge in [-0.3, -0.25) is 0 Å². The summed E-state index contributed by atoms with van der Waals surface area (Å²) in [6, 6.07) is 41.7. The minimum absolute atomic E-state index is 0.299. The van der Waals surface area contributed by atoms with Crippen molar-refractivity contribution in [1.82, 2.24) is 14.3 Å². The first-order valence-electron chi connectivity index (χ1n) is 42.5. The summed E-state index contributed by atoms with van der Waals surface area (Å²) in [4.78, 5) is 91.5. The van der Waals surface area contributed by atoms with Crippen molar-refractivity contribution in [3.8, 4) is 0 Å². The molecule has 0 unspecified atom stereocenters. The number of fused-ring (bicyclic) bond motifs is 42. The van der Waals surface area contributed by atoms with E-state index in [1.54, 1.807) is 146 Å². The van der Waals surface area contributed by atoms with Gasteiger partial charge in [0.25, 0.3) is 0 Å². The molecule has 0 atom stereocenters. The standard InChI is InChI=1S/3C32H8Cl8N8.3Pb/c33-17-1-9-10(2-18(17)34)26-41-25(9)45-27-11-3-19(35)20(36)4-12(11)29(42-27)47-31-15-7-23(39)24(40)8-16(15)32(44-31)48-30-14-6-22(38)21(37)5-13(14)28(43-30)46-26;33-13-1-2-14(34)22-21(13)29-43-25-9-5-17(37)18(38)6-10(9)27(41-25)45-31-23-15(35)3-4-16(36)24(23)32(48-31)46-28-12-8-20(40)19(39)7-11(12)26(42-28)44-30(22)47-29;33-9-1-2-10(34)18-17(9)25-41-26(18)46-28-21-13(37)5-6-14(38)22(21)30(43-28)48-32-24-16(40)8-7-15(39)23(24)31(44-32)47-29-20-12(36)4-3-11(35)19(20)27(42-29)45-25;;;/h3*1-8H;;;/q3*-2;3*+2. The van der Waals surface area contributed by atoms with Crippen molar-refractivity contribution in [1.29, 1.82) is 0 Å². The van der Waals surface area contributed by atoms with Gasteiger partial charge in [0.15, 0.2) is 0 Å². The summed E-state index contributed by atoms with van der Waals surface area (Å²) in [5.74, 6) is 7.33. The predicted octanol–water partition coefficient (Wildman–Crippen LogP) is 29.1. The Bertz CT molecular complexity index is 10000. The fourth-order valence-corrected chi connectivity index (χ4v) is 38.5. The Balaban J connectivity index is 0.000000107. The zero-order chi connectivity index (χ0) is 101. The molecular weight excluding hydrogens is 2960 g/mol. The Hall–Kier alpha value is -7.55. The maximum absolute atomic E-state index is 7.00. The van der Waals surface area contributed by atoms with Crippen LogP contribution in [0.15, 0.2) is 235 Å². The molecule has 18 aromatic rings. The van der Waals surface area contributed by atoms with Gasteiger partial charge >= 0.3 is 992 Å². The molecule has 51 heteroatoms. The first-order chi connectivity index (χ1) is 70.7. The van der Waals surface area contributed by atoms with E-state index in [0.717, 1.165) is 21.5 Å². The van der Waals surface area contributed by atoms with Crippen LogP contribution in [-0.2, 0) is 0 Å². The van der Waals surface area contributed by atoms with Crippen LogP contribution in [0.4, 0.5) is 34.9 Å². The van der Waals surface area contributed by atoms with Gasteiger partial charge in [-0.1, -0.05) is 0 Å². The fourth-order valence-electron chi connectivity index (χ4n) is 19.1. The van der Waals surface area contributed by atoms with Crippen LogP contribution in [0, 0.1) is 0 Å². The number of aromatic nitrogens is 6. The van der Waals surface area contributed by atoms with E-state index < -0.39 is 74.5 Å². The molecule has 18 bridgehead atoms. The first kappa shape index (κ1) is 96.5. The Labute approximate surface area is 979 Å². The SMILES string of the molecule is Clc1cc2c(cc1Cl)C1=Nc3c4cc(Cl)c(Cl)cc4c4[n]3[Pb][n]3c(c5cc(Cl)c(Cl)cc5c3=NC3=NC(=N4)c4cc(Cl)c(Cl)cc43)=NC2=N1.Clc1cc2c3[n]4c(c2cc1Cl)N=C1N=C(N=c2c5cc(Cl)c(Cl)cc5c([n]2[Pb]4)=NC2=NC(=N3)c3c(Cl)ccc(Cl)c32)c2c(Cl)ccc(Cl)c21.Clc1ccc(Cl)c2c1C1=NC2=Nc2c3c(Cl)ccc(Cl)c3c3[n]2[Pb][n]2c(c4c(Cl)ccc(Cl)c4c2=NC2=NC(=N3)c3c(Cl)ccc(Cl)c32)=N1. The van der Waals surface area contributed by atoms with Crippen LogP contribution in [-0.4, -0.2) is 159 Å². The van der Waals surface area contributed by atoms with E-state index in [1.165, 1.54) is 0 Å². The van der Waals surface area contributed by atoms with Crippen molar-refractivity contribution < 1.29 is 0 Å². The third-order valence-electron chi connectivity index (χ3n) is 25.5. The van der Waals surface area contributed by atoms with E-state index in [2.05, 4.69) is 9.51 Å². The Morgan fingerprint density at radius 3 is 0.551 bits per heavy atom. The predicted molar refractivity (Wildman–Crippen MR) is 604 cm³/mol. The van der Waals surface area contributed by atoms with Crippen LogP contribution in [0.5, 0.6) is 0 Å². The average Bonchev–Trinajstić information content (AvgIpc) is 1.55. The monoisotopic (exact) mass is 2980 g/mol. The number of amidine groups is 12.